The summed E-state index contributed by atoms with van der Waals surface area (Å²) >= 11 is 0. The van der Waals surface area contributed by atoms with E-state index >= 15 is 0 Å². The van der Waals surface area contributed by atoms with Crippen molar-refractivity contribution in [3.63, 3.8) is 0 Å². The SMILES string of the molecule is CNC1CN(c2ncc(F)cn2)C1.Cl.Cl. The van der Waals surface area contributed by atoms with Crippen LogP contribution in [0.3, 0.4) is 0 Å². The van der Waals surface area contributed by atoms with Crippen LogP contribution in [-0.4, -0.2) is 36.1 Å². The topological polar surface area (TPSA) is 41.0 Å². The summed E-state index contributed by atoms with van der Waals surface area (Å²) in [5.74, 6) is 0.210. The van der Waals surface area contributed by atoms with Crippen molar-refractivity contribution >= 4 is 30.8 Å². The van der Waals surface area contributed by atoms with E-state index in [4.69, 9.17) is 0 Å². The first-order chi connectivity index (χ1) is 6.29. The molecule has 0 atom stereocenters. The number of halogens is 3. The Labute approximate surface area is 100 Å². The second kappa shape index (κ2) is 6.05. The largest absolute Gasteiger partial charge is 0.338 e. The first-order valence-electron chi connectivity index (χ1n) is 4.19. The Kier molecular flexibility index (Phi) is 5.79. The molecule has 86 valence electrons. The zero-order valence-electron chi connectivity index (χ0n) is 8.18. The summed E-state index contributed by atoms with van der Waals surface area (Å²) < 4.78 is 12.5. The molecule has 4 nitrogen and oxygen atoms in total. The van der Waals surface area contributed by atoms with Gasteiger partial charge in [-0.05, 0) is 7.05 Å². The average molecular weight is 255 g/mol. The Morgan fingerprint density at radius 2 is 1.87 bits per heavy atom. The third kappa shape index (κ3) is 3.15. The number of nitrogens with one attached hydrogen (secondary N) is 1. The van der Waals surface area contributed by atoms with Crippen LogP contribution in [0.15, 0.2) is 12.4 Å². The van der Waals surface area contributed by atoms with Crippen molar-refractivity contribution in [1.82, 2.24) is 15.3 Å². The Bertz CT molecular complexity index is 289. The highest BCUT2D eigenvalue weighted by Gasteiger charge is 2.26. The van der Waals surface area contributed by atoms with E-state index in [-0.39, 0.29) is 24.8 Å². The minimum atomic E-state index is -0.394. The van der Waals surface area contributed by atoms with Crippen LogP contribution in [0, 0.1) is 5.82 Å². The number of anilines is 1. The molecule has 0 amide bonds. The smallest absolute Gasteiger partial charge is 0.225 e. The van der Waals surface area contributed by atoms with E-state index in [0.717, 1.165) is 13.1 Å². The summed E-state index contributed by atoms with van der Waals surface area (Å²) in [7, 11) is 1.92. The van der Waals surface area contributed by atoms with Crippen LogP contribution >= 0.6 is 24.8 Å². The van der Waals surface area contributed by atoms with E-state index in [1.807, 2.05) is 11.9 Å². The maximum Gasteiger partial charge on any atom is 0.225 e. The van der Waals surface area contributed by atoms with Gasteiger partial charge in [-0.1, -0.05) is 0 Å². The minimum absolute atomic E-state index is 0. The second-order valence-electron chi connectivity index (χ2n) is 3.09. The third-order valence-electron chi connectivity index (χ3n) is 2.18. The lowest BCUT2D eigenvalue weighted by molar-refractivity contribution is 0.442. The fourth-order valence-corrected chi connectivity index (χ4v) is 1.29. The van der Waals surface area contributed by atoms with Gasteiger partial charge in [0.25, 0.3) is 0 Å². The lowest BCUT2D eigenvalue weighted by atomic mass is 10.1. The van der Waals surface area contributed by atoms with Gasteiger partial charge in [-0.2, -0.15) is 0 Å². The molecule has 0 bridgehead atoms. The number of likely N-dealkylation sites (N-methyl/N-ethyl adjacent to an activating group) is 1. The first kappa shape index (κ1) is 14.3. The van der Waals surface area contributed by atoms with E-state index in [0.29, 0.717) is 12.0 Å². The molecule has 1 aromatic heterocycles. The lowest BCUT2D eigenvalue weighted by Gasteiger charge is -2.38. The van der Waals surface area contributed by atoms with Gasteiger partial charge < -0.3 is 10.2 Å². The molecule has 0 spiro atoms. The molecule has 0 unspecified atom stereocenters. The number of hydrogen-bond acceptors (Lipinski definition) is 4. The van der Waals surface area contributed by atoms with Crippen LogP contribution in [-0.2, 0) is 0 Å². The Morgan fingerprint density at radius 3 is 2.33 bits per heavy atom. The van der Waals surface area contributed by atoms with Gasteiger partial charge in [0.1, 0.15) is 0 Å². The fourth-order valence-electron chi connectivity index (χ4n) is 1.29. The van der Waals surface area contributed by atoms with Gasteiger partial charge >= 0.3 is 0 Å². The maximum absolute atomic E-state index is 12.5. The van der Waals surface area contributed by atoms with Crippen LogP contribution in [0.5, 0.6) is 0 Å². The molecule has 0 saturated carbocycles. The van der Waals surface area contributed by atoms with Crippen LogP contribution < -0.4 is 10.2 Å². The van der Waals surface area contributed by atoms with Crippen LogP contribution in [0.1, 0.15) is 0 Å². The molecule has 0 aliphatic carbocycles. The molecule has 1 aliphatic heterocycles. The number of rotatable bonds is 2. The van der Waals surface area contributed by atoms with Gasteiger partial charge in [0.05, 0.1) is 12.4 Å². The van der Waals surface area contributed by atoms with Crippen molar-refractivity contribution in [3.8, 4) is 0 Å². The Morgan fingerprint density at radius 1 is 1.33 bits per heavy atom. The van der Waals surface area contributed by atoms with Gasteiger partial charge in [-0.25, -0.2) is 14.4 Å². The summed E-state index contributed by atoms with van der Waals surface area (Å²) in [4.78, 5) is 9.76. The van der Waals surface area contributed by atoms with E-state index in [1.165, 1.54) is 12.4 Å². The molecule has 0 radical (unpaired) electrons. The van der Waals surface area contributed by atoms with Crippen molar-refractivity contribution in [2.75, 3.05) is 25.0 Å². The highest BCUT2D eigenvalue weighted by Crippen LogP contribution is 2.14. The maximum atomic E-state index is 12.5. The monoisotopic (exact) mass is 254 g/mol. The average Bonchev–Trinajstić information content (AvgIpc) is 2.06. The van der Waals surface area contributed by atoms with Gasteiger partial charge in [0, 0.05) is 19.1 Å². The normalized spacial score (nSPS) is 14.9. The van der Waals surface area contributed by atoms with E-state index in [1.54, 1.807) is 0 Å². The van der Waals surface area contributed by atoms with Crippen LogP contribution in [0.4, 0.5) is 10.3 Å². The molecule has 1 saturated heterocycles. The highest BCUT2D eigenvalue weighted by atomic mass is 35.5. The number of nitrogens with zero attached hydrogens (tertiary/aromatic N) is 3. The Hall–Kier alpha value is -0.650. The highest BCUT2D eigenvalue weighted by molar-refractivity contribution is 5.85. The molecule has 1 aliphatic rings. The van der Waals surface area contributed by atoms with Crippen molar-refractivity contribution < 1.29 is 4.39 Å². The van der Waals surface area contributed by atoms with Crippen molar-refractivity contribution in [3.05, 3.63) is 18.2 Å². The first-order valence-corrected chi connectivity index (χ1v) is 4.19. The van der Waals surface area contributed by atoms with Crippen molar-refractivity contribution in [1.29, 1.82) is 0 Å². The molecular formula is C8H13Cl2FN4. The van der Waals surface area contributed by atoms with Gasteiger partial charge in [-0.3, -0.25) is 0 Å². The Balaban J connectivity index is 0.000000980. The predicted octanol–water partition coefficient (Wildman–Crippen LogP) is 0.867. The van der Waals surface area contributed by atoms with E-state index in [2.05, 4.69) is 15.3 Å². The summed E-state index contributed by atoms with van der Waals surface area (Å²) in [5.41, 5.74) is 0. The zero-order chi connectivity index (χ0) is 9.26. The van der Waals surface area contributed by atoms with E-state index < -0.39 is 5.82 Å². The lowest BCUT2D eigenvalue weighted by Crippen LogP contribution is -2.57. The summed E-state index contributed by atoms with van der Waals surface area (Å²) in [6.07, 6.45) is 2.38. The fraction of sp³-hybridized carbons (Fsp3) is 0.500. The zero-order valence-corrected chi connectivity index (χ0v) is 9.82. The van der Waals surface area contributed by atoms with Gasteiger partial charge in [0.15, 0.2) is 5.82 Å². The predicted molar refractivity (Wildman–Crippen MR) is 61.5 cm³/mol. The number of hydrogen-bond donors (Lipinski definition) is 1. The quantitative estimate of drug-likeness (QED) is 0.851. The van der Waals surface area contributed by atoms with Crippen LogP contribution in [0.25, 0.3) is 0 Å². The minimum Gasteiger partial charge on any atom is -0.338 e. The summed E-state index contributed by atoms with van der Waals surface area (Å²) in [6.45, 7) is 1.78. The molecular weight excluding hydrogens is 242 g/mol. The number of aromatic nitrogens is 2. The molecule has 2 rings (SSSR count). The molecule has 2 heterocycles. The molecule has 7 heteroatoms. The van der Waals surface area contributed by atoms with Gasteiger partial charge in [-0.15, -0.1) is 24.8 Å². The summed E-state index contributed by atoms with van der Waals surface area (Å²) in [5, 5.41) is 3.14. The molecule has 1 N–H and O–H groups in total. The second-order valence-corrected chi connectivity index (χ2v) is 3.09. The van der Waals surface area contributed by atoms with Crippen molar-refractivity contribution in [2.45, 2.75) is 6.04 Å². The molecule has 1 fully saturated rings. The van der Waals surface area contributed by atoms with Gasteiger partial charge in [0.2, 0.25) is 5.95 Å². The van der Waals surface area contributed by atoms with Crippen LogP contribution in [0.2, 0.25) is 0 Å². The molecule has 1 aromatic rings. The standard InChI is InChI=1S/C8H11FN4.2ClH/c1-10-7-4-13(5-7)8-11-2-6(9)3-12-8;;/h2-3,7,10H,4-5H2,1H3;2*1H. The summed E-state index contributed by atoms with van der Waals surface area (Å²) in [6, 6.07) is 0.508. The molecule has 0 aromatic carbocycles. The van der Waals surface area contributed by atoms with Crippen molar-refractivity contribution in [2.24, 2.45) is 0 Å². The van der Waals surface area contributed by atoms with E-state index in [9.17, 15) is 4.39 Å². The molecule has 15 heavy (non-hydrogen) atoms. The third-order valence-corrected chi connectivity index (χ3v) is 2.18.